The van der Waals surface area contributed by atoms with Gasteiger partial charge in [0.25, 0.3) is 5.91 Å². The van der Waals surface area contributed by atoms with Gasteiger partial charge in [-0.25, -0.2) is 0 Å². The lowest BCUT2D eigenvalue weighted by atomic mass is 10.0. The van der Waals surface area contributed by atoms with Crippen molar-refractivity contribution in [2.75, 3.05) is 5.88 Å². The van der Waals surface area contributed by atoms with E-state index in [2.05, 4.69) is 5.16 Å². The number of oxime groups is 1. The van der Waals surface area contributed by atoms with Gasteiger partial charge in [-0.3, -0.25) is 20.3 Å². The zero-order valence-corrected chi connectivity index (χ0v) is 16.5. The Morgan fingerprint density at radius 3 is 2.37 bits per heavy atom. The second kappa shape index (κ2) is 10.0. The molecule has 0 atom stereocenters. The van der Waals surface area contributed by atoms with Crippen LogP contribution in [-0.4, -0.2) is 29.1 Å². The van der Waals surface area contributed by atoms with E-state index in [4.69, 9.17) is 21.8 Å². The summed E-state index contributed by atoms with van der Waals surface area (Å²) in [5.74, 6) is -2.05. The molecule has 0 aliphatic heterocycles. The molecule has 0 unspecified atom stereocenters. The largest absolute Gasteiger partial charge is 0.416 e. The average molecular weight is 440 g/mol. The summed E-state index contributed by atoms with van der Waals surface area (Å²) >= 11 is 5.33. The normalized spacial score (nSPS) is 11.7. The number of benzene rings is 2. The van der Waals surface area contributed by atoms with Crippen LogP contribution in [0.15, 0.2) is 53.7 Å². The van der Waals surface area contributed by atoms with Crippen LogP contribution in [0.4, 0.5) is 13.2 Å². The molecule has 10 heteroatoms. The molecule has 158 valence electrons. The molecule has 6 nitrogen and oxygen atoms in total. The summed E-state index contributed by atoms with van der Waals surface area (Å²) in [5, 5.41) is 13.8. The van der Waals surface area contributed by atoms with Crippen molar-refractivity contribution in [2.24, 2.45) is 5.16 Å². The fraction of sp³-hybridized carbons (Fsp3) is 0.200. The fourth-order valence-electron chi connectivity index (χ4n) is 2.39. The molecular weight excluding hydrogens is 423 g/mol. The Kier molecular flexibility index (Phi) is 7.71. The molecule has 0 aromatic heterocycles. The van der Waals surface area contributed by atoms with E-state index in [1.807, 2.05) is 5.32 Å². The highest BCUT2D eigenvalue weighted by Crippen LogP contribution is 2.29. The van der Waals surface area contributed by atoms with Gasteiger partial charge in [-0.05, 0) is 24.6 Å². The van der Waals surface area contributed by atoms with Crippen molar-refractivity contribution in [2.45, 2.75) is 19.7 Å². The van der Waals surface area contributed by atoms with Gasteiger partial charge in [0.15, 0.2) is 0 Å². The molecule has 2 aromatic rings. The zero-order valence-electron chi connectivity index (χ0n) is 15.7. The molecule has 2 rings (SSSR count). The minimum atomic E-state index is -4.42. The second-order valence-corrected chi connectivity index (χ2v) is 6.34. The quantitative estimate of drug-likeness (QED) is 0.389. The molecule has 0 aliphatic carbocycles. The first kappa shape index (κ1) is 23.1. The van der Waals surface area contributed by atoms with Crippen LogP contribution >= 0.6 is 11.6 Å². The molecule has 30 heavy (non-hydrogen) atoms. The predicted octanol–water partition coefficient (Wildman–Crippen LogP) is 3.90. The van der Waals surface area contributed by atoms with Gasteiger partial charge in [0.05, 0.1) is 11.3 Å². The molecule has 2 amide bonds. The molecule has 0 radical (unpaired) electrons. The summed E-state index contributed by atoms with van der Waals surface area (Å²) in [6.45, 7) is 1.47. The van der Waals surface area contributed by atoms with Crippen molar-refractivity contribution in [3.8, 4) is 0 Å². The van der Waals surface area contributed by atoms with Gasteiger partial charge in [-0.15, -0.1) is 11.6 Å². The number of halogens is 4. The number of nitrogens with one attached hydrogen (secondary N) is 2. The van der Waals surface area contributed by atoms with Crippen molar-refractivity contribution in [3.63, 3.8) is 0 Å². The van der Waals surface area contributed by atoms with Crippen LogP contribution in [0.1, 0.15) is 29.2 Å². The Hall–Kier alpha value is -3.20. The third-order valence-electron chi connectivity index (χ3n) is 3.94. The lowest BCUT2D eigenvalue weighted by molar-refractivity contribution is -0.137. The van der Waals surface area contributed by atoms with E-state index < -0.39 is 35.1 Å². The third-order valence-corrected chi connectivity index (χ3v) is 4.18. The molecule has 2 aromatic carbocycles. The number of hydrogen-bond donors (Lipinski definition) is 2. The van der Waals surface area contributed by atoms with Gasteiger partial charge in [0.2, 0.25) is 5.91 Å². The van der Waals surface area contributed by atoms with E-state index in [1.54, 1.807) is 25.1 Å². The van der Waals surface area contributed by atoms with Gasteiger partial charge in [0, 0.05) is 11.1 Å². The van der Waals surface area contributed by atoms with E-state index in [0.29, 0.717) is 16.8 Å². The van der Waals surface area contributed by atoms with Gasteiger partial charge >= 0.3 is 6.18 Å². The van der Waals surface area contributed by atoms with Crippen molar-refractivity contribution in [1.82, 2.24) is 5.32 Å². The van der Waals surface area contributed by atoms with Gasteiger partial charge < -0.3 is 4.84 Å². The zero-order chi connectivity index (χ0) is 22.3. The fourth-order valence-corrected chi connectivity index (χ4v) is 2.45. The van der Waals surface area contributed by atoms with Crippen LogP contribution < -0.4 is 5.32 Å². The highest BCUT2D eigenvalue weighted by Gasteiger charge is 2.30. The number of nitrogens with zero attached hydrogens (tertiary/aromatic N) is 1. The van der Waals surface area contributed by atoms with Gasteiger partial charge in [-0.2, -0.15) is 13.2 Å². The van der Waals surface area contributed by atoms with Crippen molar-refractivity contribution >= 4 is 34.8 Å². The lowest BCUT2D eigenvalue weighted by Gasteiger charge is -2.10. The Morgan fingerprint density at radius 2 is 1.77 bits per heavy atom. The molecule has 0 saturated heterocycles. The highest BCUT2D eigenvalue weighted by atomic mass is 35.5. The number of rotatable bonds is 7. The lowest BCUT2D eigenvalue weighted by Crippen LogP contribution is -2.37. The Bertz CT molecular complexity index is 973. The minimum absolute atomic E-state index is 0.104. The number of amides is 2. The first-order valence-electron chi connectivity index (χ1n) is 8.54. The molecule has 0 fully saturated rings. The summed E-state index contributed by atoms with van der Waals surface area (Å²) < 4.78 is 37.9. The first-order chi connectivity index (χ1) is 14.1. The van der Waals surface area contributed by atoms with Crippen molar-refractivity contribution in [1.29, 1.82) is 5.41 Å². The number of alkyl halides is 4. The number of hydrogen-bond acceptors (Lipinski definition) is 5. The highest BCUT2D eigenvalue weighted by molar-refractivity contribution is 6.47. The third kappa shape index (κ3) is 6.15. The number of imide groups is 1. The Labute approximate surface area is 175 Å². The molecule has 2 N–H and O–H groups in total. The maximum atomic E-state index is 12.6. The van der Waals surface area contributed by atoms with Crippen LogP contribution in [0.2, 0.25) is 0 Å². The number of carbonyl (C=O) groups excluding carboxylic acids is 2. The monoisotopic (exact) mass is 439 g/mol. The Balaban J connectivity index is 2.08. The minimum Gasteiger partial charge on any atom is -0.391 e. The van der Waals surface area contributed by atoms with Crippen LogP contribution in [0.5, 0.6) is 0 Å². The Morgan fingerprint density at radius 1 is 1.13 bits per heavy atom. The van der Waals surface area contributed by atoms with Gasteiger partial charge in [0.1, 0.15) is 18.2 Å². The molecule has 0 saturated carbocycles. The summed E-state index contributed by atoms with van der Waals surface area (Å²) in [7, 11) is 0. The van der Waals surface area contributed by atoms with Crippen LogP contribution in [-0.2, 0) is 27.2 Å². The predicted molar refractivity (Wildman–Crippen MR) is 106 cm³/mol. The van der Waals surface area contributed by atoms with E-state index in [9.17, 15) is 22.8 Å². The molecule has 0 aliphatic rings. The molecule has 0 spiro atoms. The number of carbonyl (C=O) groups is 2. The average Bonchev–Trinajstić information content (AvgIpc) is 2.72. The van der Waals surface area contributed by atoms with Crippen molar-refractivity contribution in [3.05, 3.63) is 70.8 Å². The van der Waals surface area contributed by atoms with Crippen LogP contribution in [0.25, 0.3) is 0 Å². The van der Waals surface area contributed by atoms with Crippen LogP contribution in [0, 0.1) is 5.41 Å². The van der Waals surface area contributed by atoms with Crippen molar-refractivity contribution < 1.29 is 27.6 Å². The SMILES string of the molecule is C/C(=N\OCc1ccccc1C(=N)C(=O)NC(=O)CCl)c1ccc(C(F)(F)F)cc1. The molecule has 0 bridgehead atoms. The van der Waals surface area contributed by atoms with Gasteiger partial charge in [-0.1, -0.05) is 41.6 Å². The summed E-state index contributed by atoms with van der Waals surface area (Å²) in [6, 6.07) is 10.9. The summed E-state index contributed by atoms with van der Waals surface area (Å²) in [5.41, 5.74) is 0.277. The second-order valence-electron chi connectivity index (χ2n) is 6.07. The standard InChI is InChI=1S/C20H17ClF3N3O3/c1-12(13-6-8-15(9-7-13)20(22,23)24)27-30-11-14-4-2-3-5-16(14)18(25)19(29)26-17(28)10-21/h2-9,25H,10-11H2,1H3,(H,26,28,29)/b25-18?,27-12+. The van der Waals surface area contributed by atoms with E-state index >= 15 is 0 Å². The smallest absolute Gasteiger partial charge is 0.391 e. The first-order valence-corrected chi connectivity index (χ1v) is 9.08. The summed E-state index contributed by atoms with van der Waals surface area (Å²) in [4.78, 5) is 28.5. The summed E-state index contributed by atoms with van der Waals surface area (Å²) in [6.07, 6.45) is -4.42. The van der Waals surface area contributed by atoms with E-state index in [0.717, 1.165) is 12.1 Å². The van der Waals surface area contributed by atoms with Crippen LogP contribution in [0.3, 0.4) is 0 Å². The maximum Gasteiger partial charge on any atom is 0.416 e. The molecule has 0 heterocycles. The van der Waals surface area contributed by atoms with E-state index in [-0.39, 0.29) is 12.2 Å². The maximum absolute atomic E-state index is 12.6. The topological polar surface area (TPSA) is 91.6 Å². The molecular formula is C20H17ClF3N3O3. The van der Waals surface area contributed by atoms with E-state index in [1.165, 1.54) is 18.2 Å².